The second-order valence-corrected chi connectivity index (χ2v) is 9.62. The van der Waals surface area contributed by atoms with Crippen molar-refractivity contribution in [3.63, 3.8) is 0 Å². The van der Waals surface area contributed by atoms with E-state index in [9.17, 15) is 8.78 Å². The van der Waals surface area contributed by atoms with Gasteiger partial charge in [0.1, 0.15) is 0 Å². The van der Waals surface area contributed by atoms with E-state index in [4.69, 9.17) is 0 Å². The minimum atomic E-state index is -0.695. The quantitative estimate of drug-likeness (QED) is 0.314. The zero-order valence-corrected chi connectivity index (χ0v) is 19.6. The smallest absolute Gasteiger partial charge is 0.166 e. The molecule has 3 rings (SSSR count). The largest absolute Gasteiger partial charge is 0.203 e. The molecule has 0 nitrogen and oxygen atoms in total. The van der Waals surface area contributed by atoms with Gasteiger partial charge in [0.05, 0.1) is 0 Å². The Kier molecular flexibility index (Phi) is 9.55. The second kappa shape index (κ2) is 12.4. The SMILES string of the molecule is CCCCCc1ccc(-c2ccc(CCC3CCC(CCCC)CC3)c(F)c2F)cc1. The van der Waals surface area contributed by atoms with Crippen molar-refractivity contribution in [1.82, 2.24) is 0 Å². The Morgan fingerprint density at radius 3 is 1.97 bits per heavy atom. The lowest BCUT2D eigenvalue weighted by atomic mass is 9.78. The van der Waals surface area contributed by atoms with E-state index in [0.29, 0.717) is 23.5 Å². The Bertz CT molecular complexity index is 785. The Morgan fingerprint density at radius 1 is 0.677 bits per heavy atom. The van der Waals surface area contributed by atoms with Gasteiger partial charge in [0.25, 0.3) is 0 Å². The molecule has 0 aromatic heterocycles. The average molecular weight is 427 g/mol. The van der Waals surface area contributed by atoms with Gasteiger partial charge in [-0.1, -0.05) is 108 Å². The summed E-state index contributed by atoms with van der Waals surface area (Å²) >= 11 is 0. The normalized spacial score (nSPS) is 19.0. The minimum Gasteiger partial charge on any atom is -0.203 e. The summed E-state index contributed by atoms with van der Waals surface area (Å²) in [6.45, 7) is 4.46. The van der Waals surface area contributed by atoms with Crippen LogP contribution in [-0.4, -0.2) is 0 Å². The molecule has 1 saturated carbocycles. The summed E-state index contributed by atoms with van der Waals surface area (Å²) in [5.41, 5.74) is 2.93. The first-order chi connectivity index (χ1) is 15.1. The molecule has 2 aromatic rings. The van der Waals surface area contributed by atoms with Crippen molar-refractivity contribution in [1.29, 1.82) is 0 Å². The Labute approximate surface area is 188 Å². The first-order valence-corrected chi connectivity index (χ1v) is 12.7. The molecule has 0 atom stereocenters. The molecule has 1 fully saturated rings. The number of halogens is 2. The van der Waals surface area contributed by atoms with E-state index in [2.05, 4.69) is 13.8 Å². The molecule has 0 N–H and O–H groups in total. The van der Waals surface area contributed by atoms with Crippen LogP contribution in [0.5, 0.6) is 0 Å². The average Bonchev–Trinajstić information content (AvgIpc) is 2.80. The summed E-state index contributed by atoms with van der Waals surface area (Å²) < 4.78 is 29.7. The maximum absolute atomic E-state index is 14.9. The number of benzene rings is 2. The Balaban J connectivity index is 1.56. The highest BCUT2D eigenvalue weighted by Gasteiger charge is 2.22. The van der Waals surface area contributed by atoms with Crippen molar-refractivity contribution in [3.8, 4) is 11.1 Å². The molecule has 0 spiro atoms. The molecule has 0 unspecified atom stereocenters. The van der Waals surface area contributed by atoms with Crippen LogP contribution in [0.2, 0.25) is 0 Å². The maximum Gasteiger partial charge on any atom is 0.166 e. The van der Waals surface area contributed by atoms with Crippen LogP contribution in [0.25, 0.3) is 11.1 Å². The van der Waals surface area contributed by atoms with Gasteiger partial charge in [-0.05, 0) is 54.2 Å². The van der Waals surface area contributed by atoms with Crippen molar-refractivity contribution in [2.24, 2.45) is 11.8 Å². The van der Waals surface area contributed by atoms with Gasteiger partial charge >= 0.3 is 0 Å². The number of unbranched alkanes of at least 4 members (excludes halogenated alkanes) is 3. The van der Waals surface area contributed by atoms with E-state index in [1.165, 1.54) is 69.8 Å². The van der Waals surface area contributed by atoms with Crippen LogP contribution in [0.15, 0.2) is 36.4 Å². The van der Waals surface area contributed by atoms with E-state index in [0.717, 1.165) is 24.3 Å². The highest BCUT2D eigenvalue weighted by molar-refractivity contribution is 5.65. The molecule has 0 amide bonds. The summed E-state index contributed by atoms with van der Waals surface area (Å²) in [7, 11) is 0. The lowest BCUT2D eigenvalue weighted by molar-refractivity contribution is 0.249. The van der Waals surface area contributed by atoms with Gasteiger partial charge in [-0.3, -0.25) is 0 Å². The molecule has 0 bridgehead atoms. The summed E-state index contributed by atoms with van der Waals surface area (Å²) in [4.78, 5) is 0. The summed E-state index contributed by atoms with van der Waals surface area (Å²) in [6.07, 6.45) is 15.4. The van der Waals surface area contributed by atoms with Gasteiger partial charge in [0.15, 0.2) is 11.6 Å². The molecule has 1 aliphatic carbocycles. The van der Waals surface area contributed by atoms with Gasteiger partial charge in [0.2, 0.25) is 0 Å². The molecular formula is C29H40F2. The van der Waals surface area contributed by atoms with Gasteiger partial charge in [-0.2, -0.15) is 0 Å². The summed E-state index contributed by atoms with van der Waals surface area (Å²) in [6, 6.07) is 11.5. The first kappa shape index (κ1) is 24.0. The number of hydrogen-bond donors (Lipinski definition) is 0. The zero-order valence-electron chi connectivity index (χ0n) is 19.6. The van der Waals surface area contributed by atoms with Crippen molar-refractivity contribution >= 4 is 0 Å². The number of rotatable bonds is 11. The Hall–Kier alpha value is -1.70. The molecule has 31 heavy (non-hydrogen) atoms. The predicted octanol–water partition coefficient (Wildman–Crippen LogP) is 9.29. The van der Waals surface area contributed by atoms with Crippen LogP contribution in [-0.2, 0) is 12.8 Å². The fraction of sp³-hybridized carbons (Fsp3) is 0.586. The van der Waals surface area contributed by atoms with Crippen LogP contribution in [0.1, 0.15) is 95.6 Å². The fourth-order valence-electron chi connectivity index (χ4n) is 5.10. The Morgan fingerprint density at radius 2 is 1.32 bits per heavy atom. The molecule has 0 aliphatic heterocycles. The second-order valence-electron chi connectivity index (χ2n) is 9.62. The van der Waals surface area contributed by atoms with E-state index in [-0.39, 0.29) is 0 Å². The first-order valence-electron chi connectivity index (χ1n) is 12.7. The maximum atomic E-state index is 14.9. The van der Waals surface area contributed by atoms with Crippen LogP contribution < -0.4 is 0 Å². The van der Waals surface area contributed by atoms with Crippen molar-refractivity contribution < 1.29 is 8.78 Å². The van der Waals surface area contributed by atoms with Gasteiger partial charge in [-0.25, -0.2) is 8.78 Å². The third-order valence-corrected chi connectivity index (χ3v) is 7.25. The van der Waals surface area contributed by atoms with Gasteiger partial charge < -0.3 is 0 Å². The lowest BCUT2D eigenvalue weighted by Gasteiger charge is -2.28. The van der Waals surface area contributed by atoms with E-state index >= 15 is 0 Å². The van der Waals surface area contributed by atoms with Crippen molar-refractivity contribution in [2.75, 3.05) is 0 Å². The molecule has 0 heterocycles. The third kappa shape index (κ3) is 6.89. The summed E-state index contributed by atoms with van der Waals surface area (Å²) in [5.74, 6) is 0.212. The lowest BCUT2D eigenvalue weighted by Crippen LogP contribution is -2.15. The standard InChI is InChI=1S/C29H40F2/c1-3-5-7-9-23-14-17-25(18-15-23)27-21-20-26(28(30)29(27)31)19-16-24-12-10-22(11-13-24)8-6-4-2/h14-15,17-18,20-22,24H,3-13,16,19H2,1-2H3. The van der Waals surface area contributed by atoms with E-state index in [1.807, 2.05) is 24.3 Å². The van der Waals surface area contributed by atoms with Gasteiger partial charge in [-0.15, -0.1) is 0 Å². The third-order valence-electron chi connectivity index (χ3n) is 7.25. The topological polar surface area (TPSA) is 0 Å². The number of hydrogen-bond acceptors (Lipinski definition) is 0. The van der Waals surface area contributed by atoms with Crippen LogP contribution >= 0.6 is 0 Å². The number of aryl methyl sites for hydroxylation is 2. The zero-order chi connectivity index (χ0) is 22.1. The van der Waals surface area contributed by atoms with Crippen LogP contribution in [0.3, 0.4) is 0 Å². The monoisotopic (exact) mass is 426 g/mol. The van der Waals surface area contributed by atoms with Crippen molar-refractivity contribution in [2.45, 2.75) is 97.3 Å². The summed E-state index contributed by atoms with van der Waals surface area (Å²) in [5, 5.41) is 0. The van der Waals surface area contributed by atoms with Crippen LogP contribution in [0, 0.1) is 23.5 Å². The van der Waals surface area contributed by atoms with E-state index in [1.54, 1.807) is 12.1 Å². The predicted molar refractivity (Wildman–Crippen MR) is 128 cm³/mol. The van der Waals surface area contributed by atoms with E-state index < -0.39 is 11.6 Å². The molecule has 0 radical (unpaired) electrons. The highest BCUT2D eigenvalue weighted by atomic mass is 19.2. The minimum absolute atomic E-state index is 0.373. The highest BCUT2D eigenvalue weighted by Crippen LogP contribution is 2.35. The molecule has 2 heteroatoms. The van der Waals surface area contributed by atoms with Crippen LogP contribution in [0.4, 0.5) is 8.78 Å². The fourth-order valence-corrected chi connectivity index (χ4v) is 5.10. The molecule has 170 valence electrons. The molecule has 0 saturated heterocycles. The molecule has 1 aliphatic rings. The van der Waals surface area contributed by atoms with Crippen molar-refractivity contribution in [3.05, 3.63) is 59.2 Å². The van der Waals surface area contributed by atoms with Gasteiger partial charge in [0, 0.05) is 5.56 Å². The molecular weight excluding hydrogens is 386 g/mol. The molecule has 2 aromatic carbocycles.